The maximum absolute atomic E-state index is 13.7. The SMILES string of the molecule is Cc1ccccc1C[C@@]1(C2CCNCC2)NC(=O)N(CCc2ccncc2)C1=O. The third-order valence-corrected chi connectivity index (χ3v) is 6.34. The van der Waals surface area contributed by atoms with E-state index in [1.54, 1.807) is 12.4 Å². The maximum atomic E-state index is 13.7. The number of imide groups is 1. The zero-order valence-corrected chi connectivity index (χ0v) is 16.9. The van der Waals surface area contributed by atoms with Crippen LogP contribution in [-0.4, -0.2) is 47.0 Å². The first-order valence-electron chi connectivity index (χ1n) is 10.4. The number of rotatable bonds is 6. The first-order chi connectivity index (χ1) is 14.1. The summed E-state index contributed by atoms with van der Waals surface area (Å²) in [5.41, 5.74) is 2.48. The third-order valence-electron chi connectivity index (χ3n) is 6.34. The Morgan fingerprint density at radius 3 is 2.55 bits per heavy atom. The van der Waals surface area contributed by atoms with Gasteiger partial charge in [-0.25, -0.2) is 4.79 Å². The fourth-order valence-electron chi connectivity index (χ4n) is 4.60. The number of aromatic nitrogens is 1. The standard InChI is InChI=1S/C23H28N4O2/c1-17-4-2-3-5-19(17)16-23(20-8-13-25-14-9-20)21(28)27(22(29)26-23)15-10-18-6-11-24-12-7-18/h2-7,11-12,20,25H,8-10,13-16H2,1H3,(H,26,29)/t23-/m0/s1. The molecule has 2 aliphatic heterocycles. The number of carbonyl (C=O) groups excluding carboxylic acids is 2. The minimum absolute atomic E-state index is 0.0771. The lowest BCUT2D eigenvalue weighted by molar-refractivity contribution is -0.133. The van der Waals surface area contributed by atoms with Crippen molar-refractivity contribution < 1.29 is 9.59 Å². The lowest BCUT2D eigenvalue weighted by Gasteiger charge is -2.38. The monoisotopic (exact) mass is 392 g/mol. The van der Waals surface area contributed by atoms with Crippen molar-refractivity contribution in [2.24, 2.45) is 5.92 Å². The Bertz CT molecular complexity index is 879. The summed E-state index contributed by atoms with van der Waals surface area (Å²) < 4.78 is 0. The molecule has 152 valence electrons. The number of aryl methyl sites for hydroxylation is 1. The predicted octanol–water partition coefficient (Wildman–Crippen LogP) is 2.47. The van der Waals surface area contributed by atoms with Gasteiger partial charge in [0.05, 0.1) is 0 Å². The molecule has 4 rings (SSSR count). The van der Waals surface area contributed by atoms with Gasteiger partial charge in [-0.1, -0.05) is 24.3 Å². The van der Waals surface area contributed by atoms with Crippen LogP contribution in [0.2, 0.25) is 0 Å². The summed E-state index contributed by atoms with van der Waals surface area (Å²) in [6.07, 6.45) is 6.42. The van der Waals surface area contributed by atoms with E-state index >= 15 is 0 Å². The molecule has 0 saturated carbocycles. The van der Waals surface area contributed by atoms with E-state index in [-0.39, 0.29) is 17.9 Å². The quantitative estimate of drug-likeness (QED) is 0.741. The molecule has 6 heteroatoms. The Hall–Kier alpha value is -2.73. The van der Waals surface area contributed by atoms with E-state index in [0.29, 0.717) is 19.4 Å². The van der Waals surface area contributed by atoms with Crippen molar-refractivity contribution in [3.63, 3.8) is 0 Å². The minimum atomic E-state index is -0.858. The molecule has 0 unspecified atom stereocenters. The zero-order chi connectivity index (χ0) is 20.3. The summed E-state index contributed by atoms with van der Waals surface area (Å²) in [4.78, 5) is 32.0. The summed E-state index contributed by atoms with van der Waals surface area (Å²) in [5, 5.41) is 6.52. The number of piperidine rings is 1. The number of nitrogens with one attached hydrogen (secondary N) is 2. The maximum Gasteiger partial charge on any atom is 0.325 e. The van der Waals surface area contributed by atoms with Crippen molar-refractivity contribution in [3.8, 4) is 0 Å². The summed E-state index contributed by atoms with van der Waals surface area (Å²) in [7, 11) is 0. The van der Waals surface area contributed by atoms with E-state index in [0.717, 1.165) is 42.6 Å². The predicted molar refractivity (Wildman–Crippen MR) is 111 cm³/mol. The van der Waals surface area contributed by atoms with Gasteiger partial charge in [-0.2, -0.15) is 0 Å². The van der Waals surface area contributed by atoms with Crippen LogP contribution in [0.1, 0.15) is 29.5 Å². The van der Waals surface area contributed by atoms with Gasteiger partial charge in [-0.3, -0.25) is 14.7 Å². The van der Waals surface area contributed by atoms with Crippen molar-refractivity contribution in [3.05, 3.63) is 65.5 Å². The van der Waals surface area contributed by atoms with E-state index in [1.165, 1.54) is 4.90 Å². The van der Waals surface area contributed by atoms with Gasteiger partial charge in [0.1, 0.15) is 5.54 Å². The third kappa shape index (κ3) is 3.90. The Balaban J connectivity index is 1.61. The van der Waals surface area contributed by atoms with E-state index in [9.17, 15) is 9.59 Å². The van der Waals surface area contributed by atoms with Crippen molar-refractivity contribution in [2.75, 3.05) is 19.6 Å². The van der Waals surface area contributed by atoms with E-state index in [4.69, 9.17) is 0 Å². The number of pyridine rings is 1. The molecule has 2 aliphatic rings. The summed E-state index contributed by atoms with van der Waals surface area (Å²) in [6.45, 7) is 4.20. The van der Waals surface area contributed by atoms with Crippen LogP contribution in [0, 0.1) is 12.8 Å². The summed E-state index contributed by atoms with van der Waals surface area (Å²) in [6, 6.07) is 11.7. The molecule has 29 heavy (non-hydrogen) atoms. The molecule has 0 spiro atoms. The Kier molecular flexibility index (Phi) is 5.62. The van der Waals surface area contributed by atoms with Crippen LogP contribution in [0.15, 0.2) is 48.8 Å². The minimum Gasteiger partial charge on any atom is -0.322 e. The van der Waals surface area contributed by atoms with Crippen molar-refractivity contribution in [1.29, 1.82) is 0 Å². The highest BCUT2D eigenvalue weighted by molar-refractivity contribution is 6.07. The van der Waals surface area contributed by atoms with Gasteiger partial charge in [0.25, 0.3) is 5.91 Å². The number of nitrogens with zero attached hydrogens (tertiary/aromatic N) is 2. The van der Waals surface area contributed by atoms with Crippen LogP contribution >= 0.6 is 0 Å². The number of amides is 3. The van der Waals surface area contributed by atoms with Crippen LogP contribution < -0.4 is 10.6 Å². The van der Waals surface area contributed by atoms with Crippen LogP contribution in [0.5, 0.6) is 0 Å². The fraction of sp³-hybridized carbons (Fsp3) is 0.435. The molecular weight excluding hydrogens is 364 g/mol. The van der Waals surface area contributed by atoms with Crippen LogP contribution in [0.4, 0.5) is 4.79 Å². The van der Waals surface area contributed by atoms with E-state index < -0.39 is 5.54 Å². The normalized spacial score (nSPS) is 22.7. The summed E-state index contributed by atoms with van der Waals surface area (Å²) >= 11 is 0. The van der Waals surface area contributed by atoms with E-state index in [1.807, 2.05) is 24.3 Å². The van der Waals surface area contributed by atoms with Gasteiger partial charge in [-0.15, -0.1) is 0 Å². The molecular formula is C23H28N4O2. The van der Waals surface area contributed by atoms with Gasteiger partial charge in [0, 0.05) is 25.4 Å². The molecule has 2 N–H and O–H groups in total. The second-order valence-electron chi connectivity index (χ2n) is 8.09. The van der Waals surface area contributed by atoms with Gasteiger partial charge < -0.3 is 10.6 Å². The van der Waals surface area contributed by atoms with Gasteiger partial charge in [-0.05, 0) is 74.0 Å². The van der Waals surface area contributed by atoms with Crippen LogP contribution in [-0.2, 0) is 17.6 Å². The number of hydrogen-bond donors (Lipinski definition) is 2. The molecule has 3 heterocycles. The topological polar surface area (TPSA) is 74.3 Å². The summed E-state index contributed by atoms with van der Waals surface area (Å²) in [5.74, 6) is 0.0532. The Morgan fingerprint density at radius 2 is 1.83 bits per heavy atom. The molecule has 1 aromatic carbocycles. The molecule has 6 nitrogen and oxygen atoms in total. The van der Waals surface area contributed by atoms with Crippen LogP contribution in [0.25, 0.3) is 0 Å². The lowest BCUT2D eigenvalue weighted by atomic mass is 9.73. The van der Waals surface area contributed by atoms with Crippen LogP contribution in [0.3, 0.4) is 0 Å². The van der Waals surface area contributed by atoms with E-state index in [2.05, 4.69) is 34.7 Å². The smallest absolute Gasteiger partial charge is 0.322 e. The highest BCUT2D eigenvalue weighted by Gasteiger charge is 2.55. The number of carbonyl (C=O) groups is 2. The number of urea groups is 1. The molecule has 2 aromatic rings. The van der Waals surface area contributed by atoms with Gasteiger partial charge in [0.15, 0.2) is 0 Å². The molecule has 2 saturated heterocycles. The highest BCUT2D eigenvalue weighted by atomic mass is 16.2. The number of benzene rings is 1. The van der Waals surface area contributed by atoms with Gasteiger partial charge in [0.2, 0.25) is 0 Å². The Morgan fingerprint density at radius 1 is 1.10 bits per heavy atom. The number of hydrogen-bond acceptors (Lipinski definition) is 4. The second-order valence-corrected chi connectivity index (χ2v) is 8.09. The molecule has 1 atom stereocenters. The van der Waals surface area contributed by atoms with Gasteiger partial charge >= 0.3 is 6.03 Å². The largest absolute Gasteiger partial charge is 0.325 e. The van der Waals surface area contributed by atoms with Crippen molar-refractivity contribution in [1.82, 2.24) is 20.5 Å². The van der Waals surface area contributed by atoms with Crippen molar-refractivity contribution in [2.45, 2.75) is 38.1 Å². The average Bonchev–Trinajstić information content (AvgIpc) is 3.00. The first kappa shape index (κ1) is 19.6. The van der Waals surface area contributed by atoms with Crippen molar-refractivity contribution >= 4 is 11.9 Å². The average molecular weight is 393 g/mol. The molecule has 0 aliphatic carbocycles. The second kappa shape index (κ2) is 8.33. The Labute approximate surface area is 171 Å². The molecule has 0 bridgehead atoms. The molecule has 1 aromatic heterocycles. The molecule has 2 fully saturated rings. The molecule has 3 amide bonds. The molecule has 0 radical (unpaired) electrons. The fourth-order valence-corrected chi connectivity index (χ4v) is 4.60. The lowest BCUT2D eigenvalue weighted by Crippen LogP contribution is -2.57. The first-order valence-corrected chi connectivity index (χ1v) is 10.4. The zero-order valence-electron chi connectivity index (χ0n) is 16.9. The highest BCUT2D eigenvalue weighted by Crippen LogP contribution is 2.35.